The quantitative estimate of drug-likeness (QED) is 0.597. The average Bonchev–Trinajstić information content (AvgIpc) is 2.43. The lowest BCUT2D eigenvalue weighted by Crippen LogP contribution is -2.27. The smallest absolute Gasteiger partial charge is 0.255 e. The number of halogens is 2. The van der Waals surface area contributed by atoms with Crippen LogP contribution in [-0.2, 0) is 6.54 Å². The van der Waals surface area contributed by atoms with Gasteiger partial charge in [0.2, 0.25) is 0 Å². The van der Waals surface area contributed by atoms with Gasteiger partial charge in [-0.25, -0.2) is 0 Å². The maximum Gasteiger partial charge on any atom is 0.255 e. The molecule has 0 saturated heterocycles. The predicted molar refractivity (Wildman–Crippen MR) is 98.6 cm³/mol. The lowest BCUT2D eigenvalue weighted by Gasteiger charge is -2.19. The summed E-state index contributed by atoms with van der Waals surface area (Å²) in [6, 6.07) is 12.1. The monoisotopic (exact) mass is 457 g/mol. The summed E-state index contributed by atoms with van der Waals surface area (Å²) < 4.78 is 1.89. The standard InChI is InChI=1S/C17H17BrINO/c1-11-4-5-13(12(2)8-11)10-20(3)17(21)15-9-14(19)6-7-16(15)18/h4-9H,10H2,1-3H3. The summed E-state index contributed by atoms with van der Waals surface area (Å²) in [5, 5.41) is 0. The van der Waals surface area contributed by atoms with Crippen LogP contribution in [0.4, 0.5) is 0 Å². The van der Waals surface area contributed by atoms with Crippen LogP contribution in [0.2, 0.25) is 0 Å². The van der Waals surface area contributed by atoms with Crippen LogP contribution >= 0.6 is 38.5 Å². The Morgan fingerprint density at radius 2 is 1.90 bits per heavy atom. The van der Waals surface area contributed by atoms with Crippen LogP contribution in [0.15, 0.2) is 40.9 Å². The van der Waals surface area contributed by atoms with Gasteiger partial charge in [-0.05, 0) is 81.7 Å². The van der Waals surface area contributed by atoms with Gasteiger partial charge in [0, 0.05) is 21.6 Å². The normalized spacial score (nSPS) is 10.5. The van der Waals surface area contributed by atoms with Crippen LogP contribution < -0.4 is 0 Å². The molecule has 0 fully saturated rings. The van der Waals surface area contributed by atoms with Crippen molar-refractivity contribution in [1.82, 2.24) is 4.90 Å². The molecule has 0 N–H and O–H groups in total. The molecule has 2 aromatic rings. The molecule has 0 aliphatic heterocycles. The number of hydrogen-bond acceptors (Lipinski definition) is 1. The molecule has 0 aliphatic rings. The number of carbonyl (C=O) groups excluding carboxylic acids is 1. The first-order valence-electron chi connectivity index (χ1n) is 6.65. The molecule has 0 heterocycles. The highest BCUT2D eigenvalue weighted by atomic mass is 127. The number of hydrogen-bond donors (Lipinski definition) is 0. The Hall–Kier alpha value is -0.880. The van der Waals surface area contributed by atoms with Crippen molar-refractivity contribution >= 4 is 44.4 Å². The minimum atomic E-state index is 0.0281. The SMILES string of the molecule is Cc1ccc(CN(C)C(=O)c2cc(I)ccc2Br)c(C)c1. The molecule has 2 nitrogen and oxygen atoms in total. The van der Waals surface area contributed by atoms with Crippen molar-refractivity contribution in [3.63, 3.8) is 0 Å². The van der Waals surface area contributed by atoms with E-state index in [9.17, 15) is 4.79 Å². The van der Waals surface area contributed by atoms with Gasteiger partial charge in [-0.1, -0.05) is 23.8 Å². The molecular weight excluding hydrogens is 441 g/mol. The van der Waals surface area contributed by atoms with Crippen LogP contribution in [0, 0.1) is 17.4 Å². The van der Waals surface area contributed by atoms with Gasteiger partial charge in [-0.3, -0.25) is 4.79 Å². The molecule has 21 heavy (non-hydrogen) atoms. The molecule has 0 aliphatic carbocycles. The molecule has 0 bridgehead atoms. The number of aryl methyl sites for hydroxylation is 2. The third-order valence-electron chi connectivity index (χ3n) is 3.41. The van der Waals surface area contributed by atoms with Gasteiger partial charge < -0.3 is 4.90 Å². The second-order valence-electron chi connectivity index (χ2n) is 5.22. The summed E-state index contributed by atoms with van der Waals surface area (Å²) in [4.78, 5) is 14.4. The highest BCUT2D eigenvalue weighted by Gasteiger charge is 2.16. The van der Waals surface area contributed by atoms with Crippen molar-refractivity contribution in [3.8, 4) is 0 Å². The summed E-state index contributed by atoms with van der Waals surface area (Å²) in [7, 11) is 1.84. The van der Waals surface area contributed by atoms with Crippen molar-refractivity contribution in [2.24, 2.45) is 0 Å². The number of benzene rings is 2. The second kappa shape index (κ2) is 6.92. The van der Waals surface area contributed by atoms with Crippen LogP contribution in [0.5, 0.6) is 0 Å². The minimum Gasteiger partial charge on any atom is -0.337 e. The fraction of sp³-hybridized carbons (Fsp3) is 0.235. The molecule has 2 rings (SSSR count). The molecule has 0 radical (unpaired) electrons. The van der Waals surface area contributed by atoms with Crippen molar-refractivity contribution in [1.29, 1.82) is 0 Å². The Morgan fingerprint density at radius 1 is 1.19 bits per heavy atom. The van der Waals surface area contributed by atoms with Gasteiger partial charge in [0.15, 0.2) is 0 Å². The van der Waals surface area contributed by atoms with Gasteiger partial charge in [-0.15, -0.1) is 0 Å². The number of amides is 1. The number of nitrogens with zero attached hydrogens (tertiary/aromatic N) is 1. The minimum absolute atomic E-state index is 0.0281. The van der Waals surface area contributed by atoms with Gasteiger partial charge in [0.1, 0.15) is 0 Å². The van der Waals surface area contributed by atoms with Crippen molar-refractivity contribution in [3.05, 3.63) is 66.7 Å². The van der Waals surface area contributed by atoms with Crippen LogP contribution in [0.25, 0.3) is 0 Å². The molecular formula is C17H17BrINO. The maximum atomic E-state index is 12.6. The summed E-state index contributed by atoms with van der Waals surface area (Å²) in [5.74, 6) is 0.0281. The Balaban J connectivity index is 2.21. The highest BCUT2D eigenvalue weighted by Crippen LogP contribution is 2.22. The first-order chi connectivity index (χ1) is 9.88. The summed E-state index contributed by atoms with van der Waals surface area (Å²) in [6.07, 6.45) is 0. The van der Waals surface area contributed by atoms with E-state index in [2.05, 4.69) is 70.6 Å². The van der Waals surface area contributed by atoms with Crippen LogP contribution in [0.3, 0.4) is 0 Å². The molecule has 1 amide bonds. The highest BCUT2D eigenvalue weighted by molar-refractivity contribution is 14.1. The number of rotatable bonds is 3. The predicted octanol–water partition coefficient (Wildman–Crippen LogP) is 4.94. The van der Waals surface area contributed by atoms with Gasteiger partial charge in [-0.2, -0.15) is 0 Å². The van der Waals surface area contributed by atoms with E-state index in [1.165, 1.54) is 16.7 Å². The Bertz CT molecular complexity index is 684. The Morgan fingerprint density at radius 3 is 2.57 bits per heavy atom. The van der Waals surface area contributed by atoms with E-state index in [0.29, 0.717) is 12.1 Å². The molecule has 4 heteroatoms. The van der Waals surface area contributed by atoms with Crippen LogP contribution in [-0.4, -0.2) is 17.9 Å². The lowest BCUT2D eigenvalue weighted by atomic mass is 10.1. The molecule has 0 saturated carbocycles. The number of carbonyl (C=O) groups is 1. The lowest BCUT2D eigenvalue weighted by molar-refractivity contribution is 0.0784. The maximum absolute atomic E-state index is 12.6. The Labute approximate surface area is 147 Å². The summed E-state index contributed by atoms with van der Waals surface area (Å²) >= 11 is 5.68. The van der Waals surface area contributed by atoms with Gasteiger partial charge >= 0.3 is 0 Å². The summed E-state index contributed by atoms with van der Waals surface area (Å²) in [5.41, 5.74) is 4.34. The topological polar surface area (TPSA) is 20.3 Å². The first-order valence-corrected chi connectivity index (χ1v) is 8.52. The van der Waals surface area contributed by atoms with E-state index in [1.807, 2.05) is 25.2 Å². The Kier molecular flexibility index (Phi) is 5.43. The average molecular weight is 458 g/mol. The van der Waals surface area contributed by atoms with E-state index < -0.39 is 0 Å². The third kappa shape index (κ3) is 4.07. The zero-order valence-electron chi connectivity index (χ0n) is 12.3. The largest absolute Gasteiger partial charge is 0.337 e. The van der Waals surface area contributed by atoms with Crippen molar-refractivity contribution in [2.75, 3.05) is 7.05 Å². The van der Waals surface area contributed by atoms with Gasteiger partial charge in [0.25, 0.3) is 5.91 Å². The zero-order valence-corrected chi connectivity index (χ0v) is 16.0. The summed E-state index contributed by atoms with van der Waals surface area (Å²) in [6.45, 7) is 4.78. The fourth-order valence-corrected chi connectivity index (χ4v) is 3.12. The fourth-order valence-electron chi connectivity index (χ4n) is 2.22. The van der Waals surface area contributed by atoms with Crippen molar-refractivity contribution in [2.45, 2.75) is 20.4 Å². The molecule has 0 spiro atoms. The molecule has 2 aromatic carbocycles. The molecule has 110 valence electrons. The third-order valence-corrected chi connectivity index (χ3v) is 4.77. The molecule has 0 atom stereocenters. The van der Waals surface area contributed by atoms with Gasteiger partial charge in [0.05, 0.1) is 5.56 Å². The second-order valence-corrected chi connectivity index (χ2v) is 7.32. The van der Waals surface area contributed by atoms with Crippen LogP contribution in [0.1, 0.15) is 27.0 Å². The van der Waals surface area contributed by atoms with E-state index in [4.69, 9.17) is 0 Å². The van der Waals surface area contributed by atoms with E-state index >= 15 is 0 Å². The first kappa shape index (κ1) is 16.5. The van der Waals surface area contributed by atoms with Crippen molar-refractivity contribution < 1.29 is 4.79 Å². The molecule has 0 unspecified atom stereocenters. The van der Waals surface area contributed by atoms with E-state index in [-0.39, 0.29) is 5.91 Å². The zero-order chi connectivity index (χ0) is 15.6. The van der Waals surface area contributed by atoms with E-state index in [1.54, 1.807) is 4.90 Å². The van der Waals surface area contributed by atoms with E-state index in [0.717, 1.165) is 8.04 Å². The molecule has 0 aromatic heterocycles.